The molecule has 1 rings (SSSR count). The van der Waals surface area contributed by atoms with Crippen molar-refractivity contribution in [2.24, 2.45) is 0 Å². The highest BCUT2D eigenvalue weighted by atomic mass is 35.5. The predicted molar refractivity (Wildman–Crippen MR) is 51.8 cm³/mol. The summed E-state index contributed by atoms with van der Waals surface area (Å²) in [4.78, 5) is 0. The van der Waals surface area contributed by atoms with Crippen LogP contribution in [0.1, 0.15) is 5.56 Å². The lowest BCUT2D eigenvalue weighted by Crippen LogP contribution is -2.14. The first-order valence-electron chi connectivity index (χ1n) is 3.32. The van der Waals surface area contributed by atoms with Gasteiger partial charge in [0.25, 0.3) is 0 Å². The third-order valence-corrected chi connectivity index (χ3v) is 1.85. The summed E-state index contributed by atoms with van der Waals surface area (Å²) in [7, 11) is 0. The van der Waals surface area contributed by atoms with Crippen molar-refractivity contribution in [3.8, 4) is 0 Å². The number of benzene rings is 1. The van der Waals surface area contributed by atoms with E-state index in [2.05, 4.69) is 0 Å². The van der Waals surface area contributed by atoms with Crippen molar-refractivity contribution in [2.75, 3.05) is 0 Å². The summed E-state index contributed by atoms with van der Waals surface area (Å²) >= 11 is 16.4. The van der Waals surface area contributed by atoms with Crippen LogP contribution in [0.2, 0.25) is 5.02 Å². The van der Waals surface area contributed by atoms with Gasteiger partial charge < -0.3 is 5.11 Å². The molecule has 0 aromatic heterocycles. The first kappa shape index (κ1) is 10.1. The molecule has 0 fully saturated rings. The molecule has 66 valence electrons. The monoisotopic (exact) mass is 224 g/mol. The van der Waals surface area contributed by atoms with Crippen LogP contribution in [0.4, 0.5) is 0 Å². The molecule has 0 spiro atoms. The summed E-state index contributed by atoms with van der Waals surface area (Å²) in [5.74, 6) is 0. The van der Waals surface area contributed by atoms with Crippen LogP contribution in [0.5, 0.6) is 0 Å². The third kappa shape index (κ3) is 3.63. The van der Waals surface area contributed by atoms with Crippen LogP contribution < -0.4 is 0 Å². The summed E-state index contributed by atoms with van der Waals surface area (Å²) in [5, 5.41) is 9.68. The van der Waals surface area contributed by atoms with Crippen LogP contribution in [-0.4, -0.2) is 9.63 Å². The van der Waals surface area contributed by atoms with Gasteiger partial charge in [-0.25, -0.2) is 0 Å². The Kier molecular flexibility index (Phi) is 3.24. The lowest BCUT2D eigenvalue weighted by molar-refractivity contribution is 0.215. The van der Waals surface area contributed by atoms with E-state index < -0.39 is 4.52 Å². The fraction of sp³-hybridized carbons (Fsp3) is 0.250. The van der Waals surface area contributed by atoms with Gasteiger partial charge in [-0.2, -0.15) is 0 Å². The van der Waals surface area contributed by atoms with Gasteiger partial charge in [0.2, 0.25) is 4.52 Å². The number of hydrogen-bond donors (Lipinski definition) is 1. The number of aliphatic hydroxyl groups is 1. The Hall–Kier alpha value is 0.0500. The average Bonchev–Trinajstić information content (AvgIpc) is 1.91. The van der Waals surface area contributed by atoms with E-state index in [0.717, 1.165) is 5.56 Å². The number of alkyl halides is 2. The fourth-order valence-corrected chi connectivity index (χ4v) is 1.28. The molecule has 0 radical (unpaired) electrons. The van der Waals surface area contributed by atoms with E-state index in [9.17, 15) is 0 Å². The zero-order chi connectivity index (χ0) is 9.19. The van der Waals surface area contributed by atoms with Crippen molar-refractivity contribution in [3.05, 3.63) is 34.9 Å². The molecule has 1 nitrogen and oxygen atoms in total. The van der Waals surface area contributed by atoms with Crippen molar-refractivity contribution in [1.82, 2.24) is 0 Å². The molecule has 0 aliphatic carbocycles. The molecule has 1 aromatic rings. The van der Waals surface area contributed by atoms with Crippen LogP contribution in [0, 0.1) is 0 Å². The van der Waals surface area contributed by atoms with Gasteiger partial charge in [-0.15, -0.1) is 0 Å². The van der Waals surface area contributed by atoms with Crippen molar-refractivity contribution in [1.29, 1.82) is 0 Å². The van der Waals surface area contributed by atoms with Crippen molar-refractivity contribution in [2.45, 2.75) is 10.9 Å². The van der Waals surface area contributed by atoms with E-state index in [4.69, 9.17) is 39.9 Å². The minimum Gasteiger partial charge on any atom is -0.362 e. The van der Waals surface area contributed by atoms with E-state index in [1.54, 1.807) is 24.3 Å². The van der Waals surface area contributed by atoms with Crippen LogP contribution in [-0.2, 0) is 6.42 Å². The maximum absolute atomic E-state index is 9.04. The van der Waals surface area contributed by atoms with Gasteiger partial charge in [-0.05, 0) is 17.7 Å². The van der Waals surface area contributed by atoms with E-state index in [0.29, 0.717) is 5.02 Å². The quantitative estimate of drug-likeness (QED) is 0.767. The number of hydrogen-bond acceptors (Lipinski definition) is 1. The fourth-order valence-electron chi connectivity index (χ4n) is 0.848. The minimum atomic E-state index is -1.70. The molecule has 0 aliphatic rings. The molecule has 4 heteroatoms. The molecule has 0 saturated heterocycles. The van der Waals surface area contributed by atoms with E-state index in [1.165, 1.54) is 0 Å². The number of halogens is 3. The van der Waals surface area contributed by atoms with Gasteiger partial charge in [0.05, 0.1) is 0 Å². The Morgan fingerprint density at radius 1 is 1.17 bits per heavy atom. The predicted octanol–water partition coefficient (Wildman–Crippen LogP) is 3.01. The molecular formula is C8H7Cl3O. The second-order valence-electron chi connectivity index (χ2n) is 2.47. The highest BCUT2D eigenvalue weighted by Gasteiger charge is 2.19. The van der Waals surface area contributed by atoms with Crippen LogP contribution in [0.3, 0.4) is 0 Å². The van der Waals surface area contributed by atoms with Gasteiger partial charge in [0.1, 0.15) is 0 Å². The summed E-state index contributed by atoms with van der Waals surface area (Å²) < 4.78 is -1.70. The van der Waals surface area contributed by atoms with E-state index >= 15 is 0 Å². The lowest BCUT2D eigenvalue weighted by atomic mass is 10.2. The molecule has 0 atom stereocenters. The zero-order valence-corrected chi connectivity index (χ0v) is 8.37. The summed E-state index contributed by atoms with van der Waals surface area (Å²) in [6.45, 7) is 0. The topological polar surface area (TPSA) is 20.2 Å². The van der Waals surface area contributed by atoms with Gasteiger partial charge in [0, 0.05) is 11.4 Å². The Bertz CT molecular complexity index is 250. The second kappa shape index (κ2) is 3.84. The molecule has 1 aromatic carbocycles. The first-order valence-corrected chi connectivity index (χ1v) is 4.45. The van der Waals surface area contributed by atoms with Crippen molar-refractivity contribution < 1.29 is 5.11 Å². The molecule has 1 N–H and O–H groups in total. The smallest absolute Gasteiger partial charge is 0.219 e. The Morgan fingerprint density at radius 3 is 2.08 bits per heavy atom. The van der Waals surface area contributed by atoms with Crippen LogP contribution in [0.15, 0.2) is 24.3 Å². The highest BCUT2D eigenvalue weighted by Crippen LogP contribution is 2.22. The molecular weight excluding hydrogens is 218 g/mol. The average molecular weight is 226 g/mol. The molecule has 0 aliphatic heterocycles. The van der Waals surface area contributed by atoms with Gasteiger partial charge in [0.15, 0.2) is 0 Å². The maximum Gasteiger partial charge on any atom is 0.219 e. The molecule has 0 heterocycles. The zero-order valence-electron chi connectivity index (χ0n) is 6.10. The second-order valence-corrected chi connectivity index (χ2v) is 4.35. The first-order chi connectivity index (χ1) is 5.47. The summed E-state index contributed by atoms with van der Waals surface area (Å²) in [6.07, 6.45) is 0.188. The highest BCUT2D eigenvalue weighted by molar-refractivity contribution is 6.47. The Balaban J connectivity index is 2.71. The van der Waals surface area contributed by atoms with Crippen molar-refractivity contribution >= 4 is 34.8 Å². The summed E-state index contributed by atoms with van der Waals surface area (Å²) in [6, 6.07) is 6.96. The normalized spacial score (nSPS) is 11.7. The molecule has 0 amide bonds. The largest absolute Gasteiger partial charge is 0.362 e. The van der Waals surface area contributed by atoms with E-state index in [-0.39, 0.29) is 6.42 Å². The van der Waals surface area contributed by atoms with E-state index in [1.807, 2.05) is 0 Å². The molecule has 0 bridgehead atoms. The lowest BCUT2D eigenvalue weighted by Gasteiger charge is -2.11. The van der Waals surface area contributed by atoms with Crippen LogP contribution in [0.25, 0.3) is 0 Å². The Labute approximate surface area is 85.9 Å². The molecule has 0 saturated carbocycles. The number of rotatable bonds is 2. The molecule has 0 unspecified atom stereocenters. The standard InChI is InChI=1S/C8H7Cl3O/c9-7-3-1-6(2-4-7)5-8(10,11)12/h1-4,12H,5H2. The van der Waals surface area contributed by atoms with Crippen LogP contribution >= 0.6 is 34.8 Å². The van der Waals surface area contributed by atoms with Gasteiger partial charge in [-0.1, -0.05) is 46.9 Å². The van der Waals surface area contributed by atoms with Gasteiger partial charge >= 0.3 is 0 Å². The molecule has 12 heavy (non-hydrogen) atoms. The Morgan fingerprint density at radius 2 is 1.67 bits per heavy atom. The minimum absolute atomic E-state index is 0.188. The van der Waals surface area contributed by atoms with Gasteiger partial charge in [-0.3, -0.25) is 0 Å². The summed E-state index contributed by atoms with van der Waals surface area (Å²) in [5.41, 5.74) is 0.840. The SMILES string of the molecule is OC(Cl)(Cl)Cc1ccc(Cl)cc1. The van der Waals surface area contributed by atoms with Crippen molar-refractivity contribution in [3.63, 3.8) is 0 Å². The maximum atomic E-state index is 9.04. The third-order valence-electron chi connectivity index (χ3n) is 1.33.